The average Bonchev–Trinajstić information content (AvgIpc) is 1.64. The average molecular weight is 148 g/mol. The van der Waals surface area contributed by atoms with Crippen LogP contribution in [0, 0.1) is 0 Å². The molecule has 0 heterocycles. The van der Waals surface area contributed by atoms with Crippen molar-refractivity contribution in [2.45, 2.75) is 45.3 Å². The summed E-state index contributed by atoms with van der Waals surface area (Å²) in [5.74, 6) is 0. The molecule has 0 saturated heterocycles. The van der Waals surface area contributed by atoms with Gasteiger partial charge in [-0.15, -0.1) is 0 Å². The van der Waals surface area contributed by atoms with E-state index in [0.717, 1.165) is 6.04 Å². The van der Waals surface area contributed by atoms with Gasteiger partial charge in [0.2, 0.25) is 8.41 Å². The zero-order valence-corrected chi connectivity index (χ0v) is 8.09. The van der Waals surface area contributed by atoms with Gasteiger partial charge in [-0.05, 0) is 17.6 Å². The van der Waals surface area contributed by atoms with E-state index in [0.29, 0.717) is 0 Å². The fraction of sp³-hybridized carbons (Fsp3) is 1.00. The Morgan fingerprint density at radius 2 is 1.67 bits per heavy atom. The molecule has 0 amide bonds. The van der Waals surface area contributed by atoms with Crippen molar-refractivity contribution in [1.82, 2.24) is 0 Å². The minimum atomic E-state index is -2.38. The minimum Gasteiger partial charge on any atom is -0.314 e. The lowest BCUT2D eigenvalue weighted by Gasteiger charge is -2.30. The number of rotatable bonds is 1. The Morgan fingerprint density at radius 3 is 1.67 bits per heavy atom. The Morgan fingerprint density at radius 1 is 1.33 bits per heavy atom. The highest BCUT2D eigenvalue weighted by molar-refractivity contribution is 6.74. The van der Waals surface area contributed by atoms with Crippen molar-refractivity contribution >= 4 is 8.41 Å². The molecule has 9 heavy (non-hydrogen) atoms. The van der Waals surface area contributed by atoms with Crippen molar-refractivity contribution < 1.29 is 4.11 Å². The number of hydrogen-bond donors (Lipinski definition) is 0. The summed E-state index contributed by atoms with van der Waals surface area (Å²) in [5, 5.41) is -0.0816. The first-order chi connectivity index (χ1) is 3.81. The van der Waals surface area contributed by atoms with Gasteiger partial charge >= 0.3 is 0 Å². The summed E-state index contributed by atoms with van der Waals surface area (Å²) >= 11 is 0. The van der Waals surface area contributed by atoms with Gasteiger partial charge in [0.15, 0.2) is 0 Å². The largest absolute Gasteiger partial charge is 0.314 e. The van der Waals surface area contributed by atoms with Gasteiger partial charge in [-0.1, -0.05) is 27.7 Å². The third kappa shape index (κ3) is 2.09. The van der Waals surface area contributed by atoms with E-state index in [-0.39, 0.29) is 5.04 Å². The molecule has 0 radical (unpaired) electrons. The van der Waals surface area contributed by atoms with Gasteiger partial charge in [0, 0.05) is 0 Å². The predicted octanol–water partition coefficient (Wildman–Crippen LogP) is 3.35. The van der Waals surface area contributed by atoms with Crippen LogP contribution >= 0.6 is 0 Å². The van der Waals surface area contributed by atoms with Crippen LogP contribution < -0.4 is 0 Å². The lowest BCUT2D eigenvalue weighted by atomic mass is 10.2. The Labute approximate surface area is 58.6 Å². The maximum absolute atomic E-state index is 13.5. The SMILES string of the molecule is CC[Si](C)(F)C(C)(C)C. The van der Waals surface area contributed by atoms with E-state index in [9.17, 15) is 4.11 Å². The van der Waals surface area contributed by atoms with Crippen LogP contribution in [0.5, 0.6) is 0 Å². The van der Waals surface area contributed by atoms with E-state index in [1.807, 2.05) is 27.7 Å². The number of hydrogen-bond acceptors (Lipinski definition) is 0. The summed E-state index contributed by atoms with van der Waals surface area (Å²) < 4.78 is 13.5. The molecular weight excluding hydrogens is 131 g/mol. The molecule has 0 bridgehead atoms. The smallest absolute Gasteiger partial charge is 0.248 e. The molecule has 0 aromatic rings. The van der Waals surface area contributed by atoms with Crippen LogP contribution in [0.2, 0.25) is 17.6 Å². The monoisotopic (exact) mass is 148 g/mol. The van der Waals surface area contributed by atoms with Gasteiger partial charge in [-0.25, -0.2) is 0 Å². The van der Waals surface area contributed by atoms with Crippen molar-refractivity contribution in [2.75, 3.05) is 0 Å². The Kier molecular flexibility index (Phi) is 2.45. The Bertz CT molecular complexity index is 91.6. The summed E-state index contributed by atoms with van der Waals surface area (Å²) in [6.07, 6.45) is 0. The van der Waals surface area contributed by atoms with Crippen molar-refractivity contribution in [3.8, 4) is 0 Å². The van der Waals surface area contributed by atoms with E-state index in [1.54, 1.807) is 6.55 Å². The fourth-order valence-electron chi connectivity index (χ4n) is 0.530. The summed E-state index contributed by atoms with van der Waals surface area (Å²) in [4.78, 5) is 0. The first-order valence-corrected chi connectivity index (χ1v) is 6.08. The molecule has 1 atom stereocenters. The first-order valence-electron chi connectivity index (χ1n) is 3.50. The normalized spacial score (nSPS) is 19.3. The quantitative estimate of drug-likeness (QED) is 0.395. The maximum Gasteiger partial charge on any atom is 0.248 e. The second kappa shape index (κ2) is 2.41. The van der Waals surface area contributed by atoms with Crippen LogP contribution in [-0.4, -0.2) is 8.41 Å². The topological polar surface area (TPSA) is 0 Å². The van der Waals surface area contributed by atoms with Crippen LogP contribution in [0.3, 0.4) is 0 Å². The van der Waals surface area contributed by atoms with Gasteiger partial charge in [0.05, 0.1) is 0 Å². The zero-order valence-electron chi connectivity index (χ0n) is 7.09. The van der Waals surface area contributed by atoms with Crippen molar-refractivity contribution in [3.63, 3.8) is 0 Å². The lowest BCUT2D eigenvalue weighted by molar-refractivity contribution is 0.611. The molecule has 0 aromatic carbocycles. The third-order valence-corrected chi connectivity index (χ3v) is 6.68. The molecule has 2 heteroatoms. The van der Waals surface area contributed by atoms with E-state index >= 15 is 0 Å². The predicted molar refractivity (Wildman–Crippen MR) is 42.9 cm³/mol. The second-order valence-electron chi connectivity index (χ2n) is 3.80. The van der Waals surface area contributed by atoms with E-state index in [1.165, 1.54) is 0 Å². The van der Waals surface area contributed by atoms with E-state index in [4.69, 9.17) is 0 Å². The van der Waals surface area contributed by atoms with Gasteiger partial charge in [-0.2, -0.15) is 0 Å². The molecule has 0 aliphatic rings. The maximum atomic E-state index is 13.5. The zero-order chi connectivity index (χ0) is 7.71. The summed E-state index contributed by atoms with van der Waals surface area (Å²) in [6.45, 7) is 9.71. The summed E-state index contributed by atoms with van der Waals surface area (Å²) in [6, 6.07) is 0.733. The van der Waals surface area contributed by atoms with E-state index in [2.05, 4.69) is 0 Å². The molecule has 0 nitrogen and oxygen atoms in total. The highest BCUT2D eigenvalue weighted by Crippen LogP contribution is 2.39. The van der Waals surface area contributed by atoms with Crippen molar-refractivity contribution in [2.24, 2.45) is 0 Å². The van der Waals surface area contributed by atoms with Crippen molar-refractivity contribution in [1.29, 1.82) is 0 Å². The van der Waals surface area contributed by atoms with Crippen LogP contribution in [0.25, 0.3) is 0 Å². The van der Waals surface area contributed by atoms with Gasteiger partial charge in [0.25, 0.3) is 0 Å². The van der Waals surface area contributed by atoms with Crippen LogP contribution in [0.1, 0.15) is 27.7 Å². The highest BCUT2D eigenvalue weighted by Gasteiger charge is 2.39. The standard InChI is InChI=1S/C7H17FSi/c1-6-9(5,8)7(2,3)4/h6H2,1-5H3. The molecule has 0 aromatic heterocycles. The highest BCUT2D eigenvalue weighted by atomic mass is 28.4. The van der Waals surface area contributed by atoms with Crippen LogP contribution in [0.4, 0.5) is 4.11 Å². The molecule has 0 saturated carbocycles. The Hall–Kier alpha value is 0.147. The third-order valence-electron chi connectivity index (χ3n) is 2.23. The van der Waals surface area contributed by atoms with Crippen LogP contribution in [0.15, 0.2) is 0 Å². The molecule has 1 unspecified atom stereocenters. The molecule has 0 rings (SSSR count). The van der Waals surface area contributed by atoms with E-state index < -0.39 is 8.41 Å². The van der Waals surface area contributed by atoms with Crippen LogP contribution in [-0.2, 0) is 0 Å². The van der Waals surface area contributed by atoms with Gasteiger partial charge < -0.3 is 4.11 Å². The molecule has 0 aliphatic carbocycles. The van der Waals surface area contributed by atoms with Gasteiger partial charge in [-0.3, -0.25) is 0 Å². The van der Waals surface area contributed by atoms with Crippen molar-refractivity contribution in [3.05, 3.63) is 0 Å². The number of halogens is 1. The second-order valence-corrected chi connectivity index (χ2v) is 8.40. The fourth-order valence-corrected chi connectivity index (χ4v) is 1.59. The molecule has 0 fully saturated rings. The Balaban J connectivity index is 4.14. The summed E-state index contributed by atoms with van der Waals surface area (Å²) in [5.41, 5.74) is 0. The molecule has 0 N–H and O–H groups in total. The summed E-state index contributed by atoms with van der Waals surface area (Å²) in [7, 11) is -2.38. The molecule has 0 aliphatic heterocycles. The first kappa shape index (κ1) is 9.15. The minimum absolute atomic E-state index is 0.0816. The molecular formula is C7H17FSi. The molecule has 0 spiro atoms. The van der Waals surface area contributed by atoms with Gasteiger partial charge in [0.1, 0.15) is 0 Å². The molecule has 56 valence electrons. The lowest BCUT2D eigenvalue weighted by Crippen LogP contribution is -2.34.